The summed E-state index contributed by atoms with van der Waals surface area (Å²) in [4.78, 5) is 20.9. The quantitative estimate of drug-likeness (QED) is 0.332. The van der Waals surface area contributed by atoms with Gasteiger partial charge in [-0.05, 0) is 6.92 Å². The number of hydrogen-bond acceptors (Lipinski definition) is 4. The van der Waals surface area contributed by atoms with Crippen LogP contribution in [0.15, 0.2) is 0 Å². The Bertz CT molecular complexity index is 159. The van der Waals surface area contributed by atoms with Crippen molar-refractivity contribution in [1.29, 1.82) is 0 Å². The summed E-state index contributed by atoms with van der Waals surface area (Å²) in [5.74, 6) is -2.11. The van der Waals surface area contributed by atoms with Crippen molar-refractivity contribution >= 4 is 24.4 Å². The molecule has 0 amide bonds. The molecule has 0 heterocycles. The van der Waals surface area contributed by atoms with E-state index in [4.69, 9.17) is 10.8 Å². The molecule has 0 saturated carbocycles. The maximum absolute atomic E-state index is 10.6. The third kappa shape index (κ3) is 2.83. The molecule has 0 saturated heterocycles. The second-order valence-corrected chi connectivity index (χ2v) is 2.31. The molecule has 64 valence electrons. The van der Waals surface area contributed by atoms with E-state index in [1.165, 1.54) is 0 Å². The van der Waals surface area contributed by atoms with E-state index < -0.39 is 17.3 Å². The minimum absolute atomic E-state index is 0. The van der Waals surface area contributed by atoms with Gasteiger partial charge in [-0.15, -0.1) is 0 Å². The zero-order chi connectivity index (χ0) is 8.36. The minimum atomic E-state index is -1.82. The van der Waals surface area contributed by atoms with Crippen LogP contribution in [0.5, 0.6) is 0 Å². The Kier molecular flexibility index (Phi) is 5.87. The average molecular weight is 219 g/mol. The fraction of sp³-hybridized carbons (Fsp3) is 0.600. The van der Waals surface area contributed by atoms with Crippen molar-refractivity contribution in [3.05, 3.63) is 0 Å². The molecule has 11 heavy (non-hydrogen) atoms. The monoisotopic (exact) mass is 219 g/mol. The zero-order valence-corrected chi connectivity index (χ0v) is 7.85. The number of thiol groups is 1. The van der Waals surface area contributed by atoms with E-state index in [0.717, 1.165) is 6.92 Å². The molecule has 0 aromatic carbocycles. The smallest absolute Gasteiger partial charge is 0.480 e. The molecular formula is C5H9FeNO3S+2. The van der Waals surface area contributed by atoms with Gasteiger partial charge in [0.05, 0.1) is 0 Å². The van der Waals surface area contributed by atoms with Gasteiger partial charge in [0.1, 0.15) is 0 Å². The number of Topliss-reactive ketones (excluding diaryl/α,β-unsaturated/α-hetero) is 1. The van der Waals surface area contributed by atoms with Gasteiger partial charge in [0, 0.05) is 5.75 Å². The van der Waals surface area contributed by atoms with E-state index in [2.05, 4.69) is 12.6 Å². The number of nitrogens with two attached hydrogens (primary N) is 1. The van der Waals surface area contributed by atoms with Crippen LogP contribution in [0.4, 0.5) is 0 Å². The van der Waals surface area contributed by atoms with Gasteiger partial charge in [-0.2, -0.15) is 12.6 Å². The largest absolute Gasteiger partial charge is 2.00 e. The van der Waals surface area contributed by atoms with E-state index in [-0.39, 0.29) is 22.8 Å². The third-order valence-corrected chi connectivity index (χ3v) is 1.76. The Labute approximate surface area is 80.4 Å². The molecule has 0 aliphatic heterocycles. The summed E-state index contributed by atoms with van der Waals surface area (Å²) in [6.07, 6.45) is 0. The van der Waals surface area contributed by atoms with Crippen LogP contribution in [-0.4, -0.2) is 28.2 Å². The maximum atomic E-state index is 10.6. The Morgan fingerprint density at radius 1 is 1.64 bits per heavy atom. The van der Waals surface area contributed by atoms with E-state index in [1.54, 1.807) is 0 Å². The Balaban J connectivity index is 0. The molecule has 0 aliphatic carbocycles. The zero-order valence-electron chi connectivity index (χ0n) is 5.85. The number of carboxylic acids is 1. The molecule has 0 bridgehead atoms. The molecular weight excluding hydrogens is 210 g/mol. The van der Waals surface area contributed by atoms with E-state index in [0.29, 0.717) is 0 Å². The van der Waals surface area contributed by atoms with Crippen molar-refractivity contribution in [3.8, 4) is 0 Å². The number of rotatable bonds is 3. The summed E-state index contributed by atoms with van der Waals surface area (Å²) in [5, 5.41) is 8.41. The first-order valence-corrected chi connectivity index (χ1v) is 3.22. The standard InChI is InChI=1S/C5H9NO3S.Fe/c1-3(7)5(6,2-10)4(8)9;/h10H,2,6H2,1H3,(H,8,9);/q;+2. The molecule has 6 heteroatoms. The van der Waals surface area contributed by atoms with Crippen LogP contribution in [0, 0.1) is 0 Å². The van der Waals surface area contributed by atoms with Gasteiger partial charge in [0.2, 0.25) is 0 Å². The van der Waals surface area contributed by atoms with Crippen molar-refractivity contribution in [3.63, 3.8) is 0 Å². The van der Waals surface area contributed by atoms with Crippen molar-refractivity contribution < 1.29 is 31.8 Å². The second kappa shape index (κ2) is 4.77. The second-order valence-electron chi connectivity index (χ2n) is 1.99. The summed E-state index contributed by atoms with van der Waals surface area (Å²) >= 11 is 3.65. The van der Waals surface area contributed by atoms with Gasteiger partial charge < -0.3 is 10.8 Å². The van der Waals surface area contributed by atoms with Crippen molar-refractivity contribution in [2.75, 3.05) is 5.75 Å². The van der Waals surface area contributed by atoms with Gasteiger partial charge in [0.15, 0.2) is 11.3 Å². The third-order valence-electron chi connectivity index (χ3n) is 1.26. The molecule has 0 fully saturated rings. The summed E-state index contributed by atoms with van der Waals surface area (Å²) in [6, 6.07) is 0. The van der Waals surface area contributed by atoms with Crippen molar-refractivity contribution in [1.82, 2.24) is 0 Å². The van der Waals surface area contributed by atoms with Crippen LogP contribution in [0.25, 0.3) is 0 Å². The Morgan fingerprint density at radius 2 is 2.00 bits per heavy atom. The number of carbonyl (C=O) groups is 2. The molecule has 4 nitrogen and oxygen atoms in total. The molecule has 1 unspecified atom stereocenters. The summed E-state index contributed by atoms with van der Waals surface area (Å²) < 4.78 is 0. The van der Waals surface area contributed by atoms with Gasteiger partial charge >= 0.3 is 23.0 Å². The van der Waals surface area contributed by atoms with Gasteiger partial charge in [0.25, 0.3) is 0 Å². The Hall–Kier alpha value is -0.0305. The van der Waals surface area contributed by atoms with E-state index in [1.807, 2.05) is 0 Å². The number of ketones is 1. The number of carboxylic acid groups (broad SMARTS) is 1. The fourth-order valence-electron chi connectivity index (χ4n) is 0.330. The first-order chi connectivity index (χ1) is 4.45. The first-order valence-electron chi connectivity index (χ1n) is 2.59. The topological polar surface area (TPSA) is 80.4 Å². The van der Waals surface area contributed by atoms with Gasteiger partial charge in [-0.1, -0.05) is 0 Å². The normalized spacial score (nSPS) is 14.5. The summed E-state index contributed by atoms with van der Waals surface area (Å²) in [5.41, 5.74) is 3.34. The van der Waals surface area contributed by atoms with Gasteiger partial charge in [-0.25, -0.2) is 4.79 Å². The number of hydrogen-bond donors (Lipinski definition) is 3. The van der Waals surface area contributed by atoms with Crippen molar-refractivity contribution in [2.24, 2.45) is 5.73 Å². The summed E-state index contributed by atoms with van der Waals surface area (Å²) in [6.45, 7) is 1.13. The SMILES string of the molecule is CC(=O)C(N)(CS)C(=O)O.[Fe+2]. The van der Waals surface area contributed by atoms with Crippen LogP contribution < -0.4 is 5.73 Å². The molecule has 0 aromatic heterocycles. The van der Waals surface area contributed by atoms with Crippen LogP contribution in [0.2, 0.25) is 0 Å². The molecule has 0 radical (unpaired) electrons. The van der Waals surface area contributed by atoms with Gasteiger partial charge in [-0.3, -0.25) is 4.79 Å². The number of carbonyl (C=O) groups excluding carboxylic acids is 1. The van der Waals surface area contributed by atoms with Crippen LogP contribution in [0.1, 0.15) is 6.92 Å². The molecule has 0 aliphatic rings. The average Bonchev–Trinajstić information content (AvgIpc) is 1.85. The molecule has 1 atom stereocenters. The van der Waals surface area contributed by atoms with Crippen LogP contribution in [0.3, 0.4) is 0 Å². The van der Waals surface area contributed by atoms with Crippen molar-refractivity contribution in [2.45, 2.75) is 12.5 Å². The van der Waals surface area contributed by atoms with E-state index >= 15 is 0 Å². The van der Waals surface area contributed by atoms with Crippen LogP contribution >= 0.6 is 12.6 Å². The fourth-order valence-corrected chi connectivity index (χ4v) is 0.687. The summed E-state index contributed by atoms with van der Waals surface area (Å²) in [7, 11) is 0. The molecule has 0 spiro atoms. The molecule has 0 rings (SSSR count). The van der Waals surface area contributed by atoms with Crippen LogP contribution in [-0.2, 0) is 26.7 Å². The molecule has 3 N–H and O–H groups in total. The number of aliphatic carboxylic acids is 1. The van der Waals surface area contributed by atoms with E-state index in [9.17, 15) is 9.59 Å². The predicted octanol–water partition coefficient (Wildman–Crippen LogP) is -0.715. The maximum Gasteiger partial charge on any atom is 2.00 e. The Morgan fingerprint density at radius 3 is 2.00 bits per heavy atom. The first kappa shape index (κ1) is 13.6. The minimum Gasteiger partial charge on any atom is -0.480 e. The predicted molar refractivity (Wildman–Crippen MR) is 39.1 cm³/mol. The molecule has 0 aromatic rings.